The van der Waals surface area contributed by atoms with E-state index in [-0.39, 0.29) is 5.25 Å². The maximum atomic E-state index is 11.9. The largest absolute Gasteiger partial charge is 0.229 e. The van der Waals surface area contributed by atoms with E-state index in [1.807, 2.05) is 0 Å². The van der Waals surface area contributed by atoms with Gasteiger partial charge in [0.25, 0.3) is 0 Å². The van der Waals surface area contributed by atoms with Gasteiger partial charge in [-0.05, 0) is 31.6 Å². The Labute approximate surface area is 98.3 Å². The molecular weight excluding hydrogens is 232 g/mol. The Bertz CT molecular complexity index is 268. The Morgan fingerprint density at radius 1 is 1.27 bits per heavy atom. The molecule has 1 fully saturated rings. The predicted molar refractivity (Wildman–Crippen MR) is 65.2 cm³/mol. The van der Waals surface area contributed by atoms with Gasteiger partial charge in [-0.3, -0.25) is 0 Å². The monoisotopic (exact) mass is 252 g/mol. The molecule has 0 aromatic rings. The lowest BCUT2D eigenvalue weighted by atomic mass is 10.1. The van der Waals surface area contributed by atoms with Crippen molar-refractivity contribution in [2.45, 2.75) is 50.7 Å². The van der Waals surface area contributed by atoms with Crippen LogP contribution in [0, 0.1) is 5.92 Å². The third-order valence-electron chi connectivity index (χ3n) is 3.31. The quantitative estimate of drug-likeness (QED) is 0.681. The van der Waals surface area contributed by atoms with Gasteiger partial charge in [0.05, 0.1) is 11.0 Å². The first-order valence-electron chi connectivity index (χ1n) is 5.84. The van der Waals surface area contributed by atoms with Crippen LogP contribution >= 0.6 is 11.6 Å². The molecule has 0 N–H and O–H groups in total. The summed E-state index contributed by atoms with van der Waals surface area (Å²) < 4.78 is 23.8. The molecule has 1 aliphatic carbocycles. The molecule has 15 heavy (non-hydrogen) atoms. The second-order valence-electron chi connectivity index (χ2n) is 4.64. The van der Waals surface area contributed by atoms with E-state index >= 15 is 0 Å². The lowest BCUT2D eigenvalue weighted by Gasteiger charge is -2.13. The molecule has 0 heterocycles. The van der Waals surface area contributed by atoms with E-state index in [1.54, 1.807) is 0 Å². The van der Waals surface area contributed by atoms with Gasteiger partial charge >= 0.3 is 0 Å². The van der Waals surface area contributed by atoms with Crippen molar-refractivity contribution >= 4 is 21.4 Å². The maximum absolute atomic E-state index is 11.9. The standard InChI is InChI=1S/C11H21ClO2S/c1-10(6-8-12)7-9-15(13,14)11-4-2-3-5-11/h10-11H,2-9H2,1H3. The molecule has 0 aliphatic heterocycles. The third kappa shape index (κ3) is 4.31. The van der Waals surface area contributed by atoms with E-state index in [9.17, 15) is 8.42 Å². The summed E-state index contributed by atoms with van der Waals surface area (Å²) in [4.78, 5) is 0. The van der Waals surface area contributed by atoms with E-state index in [4.69, 9.17) is 11.6 Å². The van der Waals surface area contributed by atoms with Crippen molar-refractivity contribution < 1.29 is 8.42 Å². The number of hydrogen-bond acceptors (Lipinski definition) is 2. The number of rotatable bonds is 6. The van der Waals surface area contributed by atoms with Crippen LogP contribution in [0.15, 0.2) is 0 Å². The van der Waals surface area contributed by atoms with Crippen molar-refractivity contribution in [1.82, 2.24) is 0 Å². The van der Waals surface area contributed by atoms with Crippen LogP contribution in [0.4, 0.5) is 0 Å². The van der Waals surface area contributed by atoms with Gasteiger partial charge in [0.1, 0.15) is 0 Å². The molecular formula is C11H21ClO2S. The second kappa shape index (κ2) is 6.09. The molecule has 1 saturated carbocycles. The van der Waals surface area contributed by atoms with Crippen LogP contribution in [-0.4, -0.2) is 25.3 Å². The molecule has 0 radical (unpaired) electrons. The Morgan fingerprint density at radius 2 is 1.87 bits per heavy atom. The number of sulfone groups is 1. The summed E-state index contributed by atoms with van der Waals surface area (Å²) >= 11 is 5.62. The minimum atomic E-state index is -2.82. The van der Waals surface area contributed by atoms with Gasteiger partial charge in [0.15, 0.2) is 9.84 Å². The molecule has 0 saturated heterocycles. The van der Waals surface area contributed by atoms with Crippen LogP contribution in [0.2, 0.25) is 0 Å². The molecule has 0 aromatic heterocycles. The molecule has 2 nitrogen and oxygen atoms in total. The zero-order valence-electron chi connectivity index (χ0n) is 9.41. The SMILES string of the molecule is CC(CCCl)CCS(=O)(=O)C1CCCC1. The molecule has 0 bridgehead atoms. The summed E-state index contributed by atoms with van der Waals surface area (Å²) in [5.41, 5.74) is 0. The van der Waals surface area contributed by atoms with Gasteiger partial charge in [-0.2, -0.15) is 0 Å². The minimum absolute atomic E-state index is 0.0410. The Balaban J connectivity index is 2.35. The minimum Gasteiger partial charge on any atom is -0.229 e. The molecule has 4 heteroatoms. The summed E-state index contributed by atoms with van der Waals surface area (Å²) in [5.74, 6) is 1.42. The highest BCUT2D eigenvalue weighted by Crippen LogP contribution is 2.26. The third-order valence-corrected chi connectivity index (χ3v) is 5.82. The fourth-order valence-corrected chi connectivity index (χ4v) is 4.60. The van der Waals surface area contributed by atoms with Crippen LogP contribution in [0.3, 0.4) is 0 Å². The van der Waals surface area contributed by atoms with E-state index in [0.29, 0.717) is 17.6 Å². The van der Waals surface area contributed by atoms with Crippen LogP contribution in [0.1, 0.15) is 45.4 Å². The van der Waals surface area contributed by atoms with Crippen LogP contribution in [0.5, 0.6) is 0 Å². The van der Waals surface area contributed by atoms with E-state index < -0.39 is 9.84 Å². The Morgan fingerprint density at radius 3 is 2.40 bits per heavy atom. The van der Waals surface area contributed by atoms with Crippen molar-refractivity contribution in [3.63, 3.8) is 0 Å². The molecule has 0 spiro atoms. The smallest absolute Gasteiger partial charge is 0.153 e. The normalized spacial score (nSPS) is 20.7. The number of alkyl halides is 1. The summed E-state index contributed by atoms with van der Waals surface area (Å²) in [6.45, 7) is 2.08. The molecule has 1 aliphatic rings. The van der Waals surface area contributed by atoms with E-state index in [0.717, 1.165) is 38.5 Å². The van der Waals surface area contributed by atoms with Crippen LogP contribution in [0.25, 0.3) is 0 Å². The topological polar surface area (TPSA) is 34.1 Å². The summed E-state index contributed by atoms with van der Waals surface area (Å²) in [6, 6.07) is 0. The molecule has 0 amide bonds. The lowest BCUT2D eigenvalue weighted by molar-refractivity contribution is 0.529. The zero-order chi connectivity index (χ0) is 11.3. The summed E-state index contributed by atoms with van der Waals surface area (Å²) in [7, 11) is -2.82. The molecule has 90 valence electrons. The highest BCUT2D eigenvalue weighted by molar-refractivity contribution is 7.92. The number of hydrogen-bond donors (Lipinski definition) is 0. The fourth-order valence-electron chi connectivity index (χ4n) is 2.11. The predicted octanol–water partition coefficient (Wildman–Crippen LogP) is 3.00. The van der Waals surface area contributed by atoms with Crippen molar-refractivity contribution in [1.29, 1.82) is 0 Å². The Kier molecular flexibility index (Phi) is 5.41. The highest BCUT2D eigenvalue weighted by atomic mass is 35.5. The maximum Gasteiger partial charge on any atom is 0.153 e. The second-order valence-corrected chi connectivity index (χ2v) is 7.42. The van der Waals surface area contributed by atoms with Gasteiger partial charge in [0.2, 0.25) is 0 Å². The van der Waals surface area contributed by atoms with Crippen molar-refractivity contribution in [2.24, 2.45) is 5.92 Å². The Hall–Kier alpha value is 0.240. The lowest BCUT2D eigenvalue weighted by Crippen LogP contribution is -2.22. The number of halogens is 1. The van der Waals surface area contributed by atoms with Gasteiger partial charge in [-0.25, -0.2) is 8.42 Å². The first-order valence-corrected chi connectivity index (χ1v) is 8.09. The molecule has 1 rings (SSSR count). The van der Waals surface area contributed by atoms with E-state index in [1.165, 1.54) is 0 Å². The van der Waals surface area contributed by atoms with Gasteiger partial charge in [-0.1, -0.05) is 19.8 Å². The van der Waals surface area contributed by atoms with Gasteiger partial charge in [-0.15, -0.1) is 11.6 Å². The molecule has 0 aromatic carbocycles. The molecule has 1 unspecified atom stereocenters. The van der Waals surface area contributed by atoms with Crippen molar-refractivity contribution in [3.05, 3.63) is 0 Å². The van der Waals surface area contributed by atoms with Crippen molar-refractivity contribution in [2.75, 3.05) is 11.6 Å². The van der Waals surface area contributed by atoms with Gasteiger partial charge in [0, 0.05) is 5.88 Å². The average molecular weight is 253 g/mol. The average Bonchev–Trinajstić information content (AvgIpc) is 2.69. The summed E-state index contributed by atoms with van der Waals surface area (Å²) in [5, 5.41) is -0.0410. The highest BCUT2D eigenvalue weighted by Gasteiger charge is 2.28. The van der Waals surface area contributed by atoms with E-state index in [2.05, 4.69) is 6.92 Å². The summed E-state index contributed by atoms with van der Waals surface area (Å²) in [6.07, 6.45) is 5.62. The first kappa shape index (κ1) is 13.3. The van der Waals surface area contributed by atoms with Crippen LogP contribution < -0.4 is 0 Å². The molecule has 1 atom stereocenters. The van der Waals surface area contributed by atoms with Gasteiger partial charge < -0.3 is 0 Å². The first-order chi connectivity index (χ1) is 7.06. The zero-order valence-corrected chi connectivity index (χ0v) is 11.0. The van der Waals surface area contributed by atoms with Crippen LogP contribution in [-0.2, 0) is 9.84 Å². The fraction of sp³-hybridized carbons (Fsp3) is 1.00. The van der Waals surface area contributed by atoms with Crippen molar-refractivity contribution in [3.8, 4) is 0 Å².